The zero-order chi connectivity index (χ0) is 15.0. The molecule has 2 heterocycles. The lowest BCUT2D eigenvalue weighted by atomic mass is 10.0. The first kappa shape index (κ1) is 13.6. The normalized spacial score (nSPS) is 15.8. The molecule has 0 fully saturated rings. The van der Waals surface area contributed by atoms with Gasteiger partial charge in [0.25, 0.3) is 0 Å². The number of benzene rings is 1. The molecule has 1 unspecified atom stereocenters. The molecule has 0 saturated carbocycles. The van der Waals surface area contributed by atoms with E-state index < -0.39 is 11.9 Å². The van der Waals surface area contributed by atoms with Gasteiger partial charge in [0.2, 0.25) is 11.8 Å². The molecule has 0 saturated heterocycles. The highest BCUT2D eigenvalue weighted by Crippen LogP contribution is 2.27. The topological polar surface area (TPSA) is 105 Å². The van der Waals surface area contributed by atoms with Crippen molar-refractivity contribution in [1.82, 2.24) is 9.88 Å². The van der Waals surface area contributed by atoms with Crippen LogP contribution in [0.15, 0.2) is 24.3 Å². The molecule has 1 aromatic carbocycles. The Morgan fingerprint density at radius 1 is 1.33 bits per heavy atom. The third-order valence-electron chi connectivity index (χ3n) is 3.93. The summed E-state index contributed by atoms with van der Waals surface area (Å²) in [6.45, 7) is 1.12. The fourth-order valence-electron chi connectivity index (χ4n) is 2.89. The number of primary amides is 1. The molecule has 2 aromatic rings. The average molecular weight is 286 g/mol. The predicted molar refractivity (Wildman–Crippen MR) is 79.2 cm³/mol. The minimum absolute atomic E-state index is 0.115. The van der Waals surface area contributed by atoms with Gasteiger partial charge >= 0.3 is 0 Å². The first-order valence-electron chi connectivity index (χ1n) is 6.97. The summed E-state index contributed by atoms with van der Waals surface area (Å²) in [5.41, 5.74) is 14.2. The van der Waals surface area contributed by atoms with Crippen LogP contribution in [0.5, 0.6) is 0 Å². The molecule has 0 aliphatic carbocycles. The zero-order valence-electron chi connectivity index (χ0n) is 11.6. The summed E-state index contributed by atoms with van der Waals surface area (Å²) in [5, 5.41) is 1.13. The molecule has 0 spiro atoms. The van der Waals surface area contributed by atoms with Crippen LogP contribution in [-0.2, 0) is 22.6 Å². The van der Waals surface area contributed by atoms with E-state index in [1.807, 2.05) is 24.3 Å². The molecule has 1 atom stereocenters. The van der Waals surface area contributed by atoms with Crippen molar-refractivity contribution < 1.29 is 9.59 Å². The highest BCUT2D eigenvalue weighted by Gasteiger charge is 2.27. The predicted octanol–water partition coefficient (Wildman–Crippen LogP) is 0.255. The lowest BCUT2D eigenvalue weighted by molar-refractivity contribution is -0.135. The number of amides is 2. The van der Waals surface area contributed by atoms with Gasteiger partial charge in [-0.15, -0.1) is 0 Å². The Hall–Kier alpha value is -2.34. The van der Waals surface area contributed by atoms with Crippen molar-refractivity contribution in [3.63, 3.8) is 0 Å². The number of nitrogens with one attached hydrogen (secondary N) is 1. The number of hydrogen-bond donors (Lipinski definition) is 3. The van der Waals surface area contributed by atoms with Crippen LogP contribution < -0.4 is 11.5 Å². The maximum absolute atomic E-state index is 12.3. The number of para-hydroxylation sites is 1. The van der Waals surface area contributed by atoms with Gasteiger partial charge in [0, 0.05) is 41.7 Å². The van der Waals surface area contributed by atoms with Gasteiger partial charge in [-0.3, -0.25) is 9.59 Å². The SMILES string of the molecule is NC(=O)CC(N)C(=O)N1CCc2[nH]c3ccccc3c2C1. The molecule has 1 aliphatic rings. The van der Waals surface area contributed by atoms with Crippen LogP contribution in [0.1, 0.15) is 17.7 Å². The van der Waals surface area contributed by atoms with Gasteiger partial charge < -0.3 is 21.4 Å². The van der Waals surface area contributed by atoms with Crippen molar-refractivity contribution in [2.45, 2.75) is 25.4 Å². The Morgan fingerprint density at radius 2 is 2.10 bits per heavy atom. The quantitative estimate of drug-likeness (QED) is 0.753. The monoisotopic (exact) mass is 286 g/mol. The van der Waals surface area contributed by atoms with E-state index in [9.17, 15) is 9.59 Å². The minimum Gasteiger partial charge on any atom is -0.370 e. The highest BCUT2D eigenvalue weighted by atomic mass is 16.2. The smallest absolute Gasteiger partial charge is 0.240 e. The number of carbonyl (C=O) groups excluding carboxylic acids is 2. The maximum atomic E-state index is 12.3. The summed E-state index contributed by atoms with van der Waals surface area (Å²) in [4.78, 5) is 28.3. The standard InChI is InChI=1S/C15H18N4O2/c16-11(7-14(17)20)15(21)19-6-5-13-10(8-19)9-3-1-2-4-12(9)18-13/h1-4,11,18H,5-8,16H2,(H2,17,20). The van der Waals surface area contributed by atoms with Crippen molar-refractivity contribution in [3.05, 3.63) is 35.5 Å². The second-order valence-electron chi connectivity index (χ2n) is 5.41. The molecule has 1 aromatic heterocycles. The number of hydrogen-bond acceptors (Lipinski definition) is 3. The van der Waals surface area contributed by atoms with Crippen LogP contribution in [-0.4, -0.2) is 34.3 Å². The minimum atomic E-state index is -0.853. The van der Waals surface area contributed by atoms with Crippen LogP contribution in [0, 0.1) is 0 Å². The lowest BCUT2D eigenvalue weighted by Gasteiger charge is -2.29. The zero-order valence-corrected chi connectivity index (χ0v) is 11.6. The molecule has 0 radical (unpaired) electrons. The van der Waals surface area contributed by atoms with E-state index in [0.29, 0.717) is 13.1 Å². The third kappa shape index (κ3) is 2.50. The van der Waals surface area contributed by atoms with Gasteiger partial charge in [0.15, 0.2) is 0 Å². The molecule has 5 N–H and O–H groups in total. The molecule has 6 heteroatoms. The summed E-state index contributed by atoms with van der Waals surface area (Å²) >= 11 is 0. The number of aromatic nitrogens is 1. The summed E-state index contributed by atoms with van der Waals surface area (Å²) < 4.78 is 0. The number of H-pyrrole nitrogens is 1. The molecular formula is C15H18N4O2. The van der Waals surface area contributed by atoms with Crippen molar-refractivity contribution >= 4 is 22.7 Å². The number of fused-ring (bicyclic) bond motifs is 3. The van der Waals surface area contributed by atoms with E-state index in [4.69, 9.17) is 11.5 Å². The van der Waals surface area contributed by atoms with Crippen molar-refractivity contribution in [3.8, 4) is 0 Å². The first-order chi connectivity index (χ1) is 10.1. The molecule has 6 nitrogen and oxygen atoms in total. The summed E-state index contributed by atoms with van der Waals surface area (Å²) in [6.07, 6.45) is 0.648. The average Bonchev–Trinajstić information content (AvgIpc) is 2.83. The van der Waals surface area contributed by atoms with Gasteiger partial charge in [-0.1, -0.05) is 18.2 Å². The fourth-order valence-corrected chi connectivity index (χ4v) is 2.89. The van der Waals surface area contributed by atoms with Crippen LogP contribution in [0.3, 0.4) is 0 Å². The number of nitrogens with zero attached hydrogens (tertiary/aromatic N) is 1. The Labute approximate surface area is 122 Å². The van der Waals surface area contributed by atoms with E-state index >= 15 is 0 Å². The van der Waals surface area contributed by atoms with E-state index in [1.165, 1.54) is 5.69 Å². The van der Waals surface area contributed by atoms with E-state index in [-0.39, 0.29) is 12.3 Å². The fraction of sp³-hybridized carbons (Fsp3) is 0.333. The second-order valence-corrected chi connectivity index (χ2v) is 5.41. The molecule has 0 bridgehead atoms. The van der Waals surface area contributed by atoms with Crippen LogP contribution >= 0.6 is 0 Å². The molecule has 2 amide bonds. The summed E-state index contributed by atoms with van der Waals surface area (Å²) in [6, 6.07) is 7.18. The van der Waals surface area contributed by atoms with Gasteiger partial charge in [-0.2, -0.15) is 0 Å². The Bertz CT molecular complexity index is 707. The van der Waals surface area contributed by atoms with Crippen LogP contribution in [0.25, 0.3) is 10.9 Å². The molecule has 21 heavy (non-hydrogen) atoms. The maximum Gasteiger partial charge on any atom is 0.240 e. The summed E-state index contributed by atoms with van der Waals surface area (Å²) in [7, 11) is 0. The van der Waals surface area contributed by atoms with Gasteiger partial charge in [-0.05, 0) is 6.07 Å². The van der Waals surface area contributed by atoms with Gasteiger partial charge in [-0.25, -0.2) is 0 Å². The lowest BCUT2D eigenvalue weighted by Crippen LogP contribution is -2.47. The highest BCUT2D eigenvalue weighted by molar-refractivity contribution is 5.89. The van der Waals surface area contributed by atoms with Crippen molar-refractivity contribution in [1.29, 1.82) is 0 Å². The first-order valence-corrected chi connectivity index (χ1v) is 6.97. The number of carbonyl (C=O) groups is 2. The van der Waals surface area contributed by atoms with Crippen LogP contribution in [0.2, 0.25) is 0 Å². The Morgan fingerprint density at radius 3 is 2.86 bits per heavy atom. The largest absolute Gasteiger partial charge is 0.370 e. The number of rotatable bonds is 3. The molecule has 110 valence electrons. The van der Waals surface area contributed by atoms with Crippen molar-refractivity contribution in [2.75, 3.05) is 6.54 Å². The van der Waals surface area contributed by atoms with E-state index in [0.717, 1.165) is 22.9 Å². The molecular weight excluding hydrogens is 268 g/mol. The van der Waals surface area contributed by atoms with Gasteiger partial charge in [0.05, 0.1) is 12.5 Å². The number of aromatic amines is 1. The Kier molecular flexibility index (Phi) is 3.39. The van der Waals surface area contributed by atoms with Gasteiger partial charge in [0.1, 0.15) is 0 Å². The summed E-state index contributed by atoms with van der Waals surface area (Å²) in [5.74, 6) is -0.773. The van der Waals surface area contributed by atoms with E-state index in [1.54, 1.807) is 4.90 Å². The molecule has 1 aliphatic heterocycles. The van der Waals surface area contributed by atoms with Crippen molar-refractivity contribution in [2.24, 2.45) is 11.5 Å². The Balaban J connectivity index is 1.83. The third-order valence-corrected chi connectivity index (χ3v) is 3.93. The molecule has 3 rings (SSSR count). The van der Waals surface area contributed by atoms with Crippen LogP contribution in [0.4, 0.5) is 0 Å². The van der Waals surface area contributed by atoms with E-state index in [2.05, 4.69) is 4.98 Å². The number of nitrogens with two attached hydrogens (primary N) is 2. The second kappa shape index (κ2) is 5.21.